The molecule has 0 aliphatic heterocycles. The van der Waals surface area contributed by atoms with Crippen LogP contribution in [0, 0.1) is 6.92 Å². The van der Waals surface area contributed by atoms with Crippen LogP contribution in [0.25, 0.3) is 11.3 Å². The molecule has 1 unspecified atom stereocenters. The molecule has 2 aromatic carbocycles. The summed E-state index contributed by atoms with van der Waals surface area (Å²) in [7, 11) is 0. The van der Waals surface area contributed by atoms with Gasteiger partial charge in [-0.2, -0.15) is 23.4 Å². The monoisotopic (exact) mass is 460 g/mol. The number of halogens is 3. The van der Waals surface area contributed by atoms with Gasteiger partial charge in [0.15, 0.2) is 6.10 Å². The lowest BCUT2D eigenvalue weighted by Crippen LogP contribution is -2.26. The summed E-state index contributed by atoms with van der Waals surface area (Å²) in [4.78, 5) is 11.7. The van der Waals surface area contributed by atoms with Crippen LogP contribution in [0.5, 0.6) is 11.5 Å². The van der Waals surface area contributed by atoms with E-state index in [0.717, 1.165) is 17.7 Å². The normalized spacial score (nSPS) is 12.2. The van der Waals surface area contributed by atoms with E-state index in [1.807, 2.05) is 6.92 Å². The molecule has 0 aliphatic rings. The van der Waals surface area contributed by atoms with Gasteiger partial charge < -0.3 is 14.2 Å². The van der Waals surface area contributed by atoms with Crippen LogP contribution in [-0.2, 0) is 22.3 Å². The Morgan fingerprint density at radius 1 is 1.03 bits per heavy atom. The van der Waals surface area contributed by atoms with E-state index in [4.69, 9.17) is 14.2 Å². The zero-order chi connectivity index (χ0) is 24.0. The molecule has 1 atom stereocenters. The second-order valence-corrected chi connectivity index (χ2v) is 7.21. The number of carbonyl (C=O) groups is 1. The lowest BCUT2D eigenvalue weighted by atomic mass is 10.1. The van der Waals surface area contributed by atoms with E-state index in [1.165, 1.54) is 12.1 Å². The maximum atomic E-state index is 12.7. The lowest BCUT2D eigenvalue weighted by Gasteiger charge is -2.16. The summed E-state index contributed by atoms with van der Waals surface area (Å²) in [5.41, 5.74) is 1.62. The molecule has 3 aromatic rings. The van der Waals surface area contributed by atoms with Gasteiger partial charge in [-0.05, 0) is 68.8 Å². The second kappa shape index (κ2) is 10.3. The molecule has 6 nitrogen and oxygen atoms in total. The van der Waals surface area contributed by atoms with Crippen molar-refractivity contribution in [2.24, 2.45) is 0 Å². The number of aromatic nitrogens is 2. The molecule has 3 rings (SSSR count). The first-order valence-corrected chi connectivity index (χ1v) is 10.2. The smallest absolute Gasteiger partial charge is 0.416 e. The van der Waals surface area contributed by atoms with E-state index >= 15 is 0 Å². The molecule has 33 heavy (non-hydrogen) atoms. The standard InChI is InChI=1S/C24H23F3N2O4/c1-4-31-23(30)16(3)33-22-12-10-20(13-15(22)2)32-14-19-9-11-21(29-28-19)17-5-7-18(8-6-17)24(25,26)27/h5-13,16H,4,14H2,1-3H3. The van der Waals surface area contributed by atoms with Crippen molar-refractivity contribution >= 4 is 5.97 Å². The van der Waals surface area contributed by atoms with E-state index in [9.17, 15) is 18.0 Å². The van der Waals surface area contributed by atoms with E-state index in [-0.39, 0.29) is 13.2 Å². The van der Waals surface area contributed by atoms with E-state index in [1.54, 1.807) is 44.2 Å². The molecule has 0 saturated carbocycles. The third-order valence-electron chi connectivity index (χ3n) is 4.68. The topological polar surface area (TPSA) is 70.5 Å². The Hall–Kier alpha value is -3.62. The highest BCUT2D eigenvalue weighted by Gasteiger charge is 2.30. The summed E-state index contributed by atoms with van der Waals surface area (Å²) in [6, 6.07) is 13.3. The number of hydrogen-bond acceptors (Lipinski definition) is 6. The first kappa shape index (κ1) is 24.0. The summed E-state index contributed by atoms with van der Waals surface area (Å²) in [6.07, 6.45) is -5.11. The number of benzene rings is 2. The fraction of sp³-hybridized carbons (Fsp3) is 0.292. The minimum Gasteiger partial charge on any atom is -0.487 e. The number of carbonyl (C=O) groups excluding carboxylic acids is 1. The molecule has 9 heteroatoms. The van der Waals surface area contributed by atoms with Crippen molar-refractivity contribution in [1.82, 2.24) is 10.2 Å². The van der Waals surface area contributed by atoms with Crippen molar-refractivity contribution < 1.29 is 32.2 Å². The zero-order valence-corrected chi connectivity index (χ0v) is 18.3. The van der Waals surface area contributed by atoms with Crippen LogP contribution in [0.15, 0.2) is 54.6 Å². The Labute approximate surface area is 189 Å². The summed E-state index contributed by atoms with van der Waals surface area (Å²) in [5, 5.41) is 8.16. The number of rotatable bonds is 8. The number of nitrogens with zero attached hydrogens (tertiary/aromatic N) is 2. The molecular formula is C24H23F3N2O4. The number of esters is 1. The van der Waals surface area contributed by atoms with Crippen molar-refractivity contribution in [3.05, 3.63) is 71.4 Å². The van der Waals surface area contributed by atoms with Gasteiger partial charge >= 0.3 is 12.1 Å². The van der Waals surface area contributed by atoms with Crippen LogP contribution in [0.3, 0.4) is 0 Å². The Morgan fingerprint density at radius 3 is 2.33 bits per heavy atom. The van der Waals surface area contributed by atoms with Crippen LogP contribution in [0.4, 0.5) is 13.2 Å². The summed E-state index contributed by atoms with van der Waals surface area (Å²) < 4.78 is 54.4. The Bertz CT molecular complexity index is 1080. The summed E-state index contributed by atoms with van der Waals surface area (Å²) >= 11 is 0. The molecule has 0 amide bonds. The Kier molecular flexibility index (Phi) is 7.52. The van der Waals surface area contributed by atoms with Crippen LogP contribution in [-0.4, -0.2) is 28.9 Å². The largest absolute Gasteiger partial charge is 0.487 e. The van der Waals surface area contributed by atoms with Gasteiger partial charge in [-0.3, -0.25) is 0 Å². The highest BCUT2D eigenvalue weighted by atomic mass is 19.4. The third kappa shape index (κ3) is 6.44. The van der Waals surface area contributed by atoms with Gasteiger partial charge in [-0.25, -0.2) is 4.79 Å². The SMILES string of the molecule is CCOC(=O)C(C)Oc1ccc(OCc2ccc(-c3ccc(C(F)(F)F)cc3)nn2)cc1C. The maximum Gasteiger partial charge on any atom is 0.416 e. The van der Waals surface area contributed by atoms with Crippen molar-refractivity contribution in [2.75, 3.05) is 6.61 Å². The van der Waals surface area contributed by atoms with E-state index < -0.39 is 23.8 Å². The van der Waals surface area contributed by atoms with Crippen LogP contribution in [0.2, 0.25) is 0 Å². The molecule has 0 bridgehead atoms. The molecule has 174 valence electrons. The third-order valence-corrected chi connectivity index (χ3v) is 4.68. The second-order valence-electron chi connectivity index (χ2n) is 7.21. The molecule has 0 saturated heterocycles. The fourth-order valence-corrected chi connectivity index (χ4v) is 2.92. The van der Waals surface area contributed by atoms with E-state index in [2.05, 4.69) is 10.2 Å². The number of ether oxygens (including phenoxy) is 3. The minimum atomic E-state index is -4.38. The molecule has 0 aliphatic carbocycles. The van der Waals surface area contributed by atoms with Crippen LogP contribution < -0.4 is 9.47 Å². The molecule has 0 fully saturated rings. The van der Waals surface area contributed by atoms with Crippen LogP contribution in [0.1, 0.15) is 30.7 Å². The molecule has 1 aromatic heterocycles. The lowest BCUT2D eigenvalue weighted by molar-refractivity contribution is -0.150. The van der Waals surface area contributed by atoms with Crippen molar-refractivity contribution in [1.29, 1.82) is 0 Å². The van der Waals surface area contributed by atoms with Crippen molar-refractivity contribution in [3.63, 3.8) is 0 Å². The number of aryl methyl sites for hydroxylation is 1. The maximum absolute atomic E-state index is 12.7. The highest BCUT2D eigenvalue weighted by Crippen LogP contribution is 2.30. The number of alkyl halides is 3. The first-order valence-electron chi connectivity index (χ1n) is 10.2. The van der Waals surface area contributed by atoms with Crippen molar-refractivity contribution in [3.8, 4) is 22.8 Å². The van der Waals surface area contributed by atoms with Gasteiger partial charge in [0.1, 0.15) is 23.8 Å². The van der Waals surface area contributed by atoms with Crippen molar-refractivity contribution in [2.45, 2.75) is 39.7 Å². The van der Waals surface area contributed by atoms with Gasteiger partial charge in [0, 0.05) is 5.56 Å². The predicted octanol–water partition coefficient (Wildman–Crippen LogP) is 5.38. The highest BCUT2D eigenvalue weighted by molar-refractivity contribution is 5.74. The van der Waals surface area contributed by atoms with E-state index in [0.29, 0.717) is 28.5 Å². The minimum absolute atomic E-state index is 0.152. The molecule has 1 heterocycles. The molecule has 0 N–H and O–H groups in total. The summed E-state index contributed by atoms with van der Waals surface area (Å²) in [6.45, 7) is 5.62. The molecule has 0 spiro atoms. The van der Waals surface area contributed by atoms with Gasteiger partial charge in [0.25, 0.3) is 0 Å². The first-order chi connectivity index (χ1) is 15.7. The summed E-state index contributed by atoms with van der Waals surface area (Å²) in [5.74, 6) is 0.691. The molecular weight excluding hydrogens is 437 g/mol. The van der Waals surface area contributed by atoms with Crippen LogP contribution >= 0.6 is 0 Å². The Morgan fingerprint density at radius 2 is 1.76 bits per heavy atom. The Balaban J connectivity index is 1.59. The van der Waals surface area contributed by atoms with Gasteiger partial charge in [0.2, 0.25) is 0 Å². The van der Waals surface area contributed by atoms with Gasteiger partial charge in [-0.1, -0.05) is 12.1 Å². The van der Waals surface area contributed by atoms with Gasteiger partial charge in [-0.15, -0.1) is 0 Å². The fourth-order valence-electron chi connectivity index (χ4n) is 2.92. The molecule has 0 radical (unpaired) electrons. The number of hydrogen-bond donors (Lipinski definition) is 0. The average Bonchev–Trinajstić information content (AvgIpc) is 2.79. The predicted molar refractivity (Wildman–Crippen MR) is 115 cm³/mol. The quantitative estimate of drug-likeness (QED) is 0.421. The zero-order valence-electron chi connectivity index (χ0n) is 18.3. The average molecular weight is 460 g/mol. The van der Waals surface area contributed by atoms with Gasteiger partial charge in [0.05, 0.1) is 17.9 Å².